The molecule has 0 spiro atoms. The number of carbonyl (C=O) groups excluding carboxylic acids is 1. The van der Waals surface area contributed by atoms with E-state index in [1.165, 1.54) is 24.3 Å². The van der Waals surface area contributed by atoms with Gasteiger partial charge in [0, 0.05) is 6.07 Å². The predicted molar refractivity (Wildman–Crippen MR) is 84.7 cm³/mol. The van der Waals surface area contributed by atoms with Gasteiger partial charge in [-0.1, -0.05) is 30.3 Å². The van der Waals surface area contributed by atoms with Gasteiger partial charge in [-0.2, -0.15) is 0 Å². The van der Waals surface area contributed by atoms with Crippen LogP contribution in [0, 0.1) is 20.2 Å². The van der Waals surface area contributed by atoms with E-state index >= 15 is 0 Å². The van der Waals surface area contributed by atoms with Crippen molar-refractivity contribution in [3.05, 3.63) is 68.3 Å². The molecule has 2 aromatic carbocycles. The highest BCUT2D eigenvalue weighted by Gasteiger charge is 2.45. The van der Waals surface area contributed by atoms with Crippen LogP contribution in [0.4, 0.5) is 17.1 Å². The second-order valence-electron chi connectivity index (χ2n) is 5.18. The number of fused-ring (bicyclic) bond motifs is 1. The molecule has 0 saturated heterocycles. The summed E-state index contributed by atoms with van der Waals surface area (Å²) in [5.74, 6) is -0.962. The van der Waals surface area contributed by atoms with E-state index in [1.807, 2.05) is 0 Å². The molecule has 1 aliphatic heterocycles. The van der Waals surface area contributed by atoms with E-state index < -0.39 is 52.8 Å². The van der Waals surface area contributed by atoms with Crippen molar-refractivity contribution >= 4 is 32.8 Å². The third-order valence-electron chi connectivity index (χ3n) is 3.68. The number of nitrogens with one attached hydrogen (secondary N) is 1. The first-order chi connectivity index (χ1) is 11.7. The van der Waals surface area contributed by atoms with E-state index in [4.69, 9.17) is 0 Å². The maximum atomic E-state index is 12.9. The van der Waals surface area contributed by atoms with Crippen molar-refractivity contribution in [3.8, 4) is 0 Å². The Labute approximate surface area is 140 Å². The molecule has 3 rings (SSSR count). The number of benzene rings is 2. The molecule has 1 N–H and O–H groups in total. The molecule has 11 heteroatoms. The molecule has 0 radical (unpaired) electrons. The molecule has 10 nitrogen and oxygen atoms in total. The lowest BCUT2D eigenvalue weighted by atomic mass is 10.1. The van der Waals surface area contributed by atoms with Crippen molar-refractivity contribution in [3.63, 3.8) is 0 Å². The van der Waals surface area contributed by atoms with Gasteiger partial charge in [-0.25, -0.2) is 8.42 Å². The highest BCUT2D eigenvalue weighted by Crippen LogP contribution is 2.44. The van der Waals surface area contributed by atoms with Crippen LogP contribution in [0.25, 0.3) is 0 Å². The minimum absolute atomic E-state index is 0.153. The SMILES string of the molecule is O=C1Nc2c([N+](=O)[O-])cc([N+](=O)[O-])cc2S(=O)(=O)[C@H]1c1ccccc1. The minimum atomic E-state index is -4.42. The molecule has 128 valence electrons. The summed E-state index contributed by atoms with van der Waals surface area (Å²) in [6, 6.07) is 8.84. The predicted octanol–water partition coefficient (Wildman–Crippen LogP) is 1.97. The van der Waals surface area contributed by atoms with Gasteiger partial charge in [-0.3, -0.25) is 25.0 Å². The third kappa shape index (κ3) is 2.59. The molecule has 1 atom stereocenters. The van der Waals surface area contributed by atoms with E-state index in [0.29, 0.717) is 12.1 Å². The number of non-ortho nitro benzene ring substituents is 1. The van der Waals surface area contributed by atoms with Crippen LogP contribution in [0.2, 0.25) is 0 Å². The summed E-state index contributed by atoms with van der Waals surface area (Å²) in [5, 5.41) is 22.7. The molecule has 0 unspecified atom stereocenters. The average molecular weight is 363 g/mol. The fourth-order valence-electron chi connectivity index (χ4n) is 2.60. The van der Waals surface area contributed by atoms with Gasteiger partial charge in [0.05, 0.1) is 15.9 Å². The molecule has 1 heterocycles. The summed E-state index contributed by atoms with van der Waals surface area (Å²) in [6.07, 6.45) is 0. The number of anilines is 1. The van der Waals surface area contributed by atoms with E-state index in [-0.39, 0.29) is 5.56 Å². The maximum Gasteiger partial charge on any atom is 0.300 e. The second kappa shape index (κ2) is 5.63. The summed E-state index contributed by atoms with van der Waals surface area (Å²) in [5.41, 5.74) is -2.02. The second-order valence-corrected chi connectivity index (χ2v) is 7.18. The Bertz CT molecular complexity index is 1020. The van der Waals surface area contributed by atoms with Gasteiger partial charge < -0.3 is 5.32 Å². The first-order valence-electron chi connectivity index (χ1n) is 6.80. The minimum Gasteiger partial charge on any atom is -0.318 e. The molecular formula is C14H9N3O7S. The van der Waals surface area contributed by atoms with Crippen LogP contribution in [0.5, 0.6) is 0 Å². The van der Waals surface area contributed by atoms with Crippen LogP contribution in [0.1, 0.15) is 10.8 Å². The van der Waals surface area contributed by atoms with Crippen molar-refractivity contribution in [1.82, 2.24) is 0 Å². The zero-order valence-corrected chi connectivity index (χ0v) is 13.1. The van der Waals surface area contributed by atoms with Crippen molar-refractivity contribution in [2.24, 2.45) is 0 Å². The molecule has 0 aliphatic carbocycles. The number of nitro benzene ring substituents is 2. The zero-order valence-electron chi connectivity index (χ0n) is 12.3. The molecule has 0 saturated carbocycles. The number of nitrogens with zero attached hydrogens (tertiary/aromatic N) is 2. The topological polar surface area (TPSA) is 150 Å². The Morgan fingerprint density at radius 1 is 1.00 bits per heavy atom. The number of amides is 1. The molecule has 2 aromatic rings. The fraction of sp³-hybridized carbons (Fsp3) is 0.0714. The first kappa shape index (κ1) is 16.5. The highest BCUT2D eigenvalue weighted by molar-refractivity contribution is 7.92. The van der Waals surface area contributed by atoms with Crippen LogP contribution in [-0.4, -0.2) is 24.2 Å². The zero-order chi connectivity index (χ0) is 18.4. The molecule has 0 fully saturated rings. The van der Waals surface area contributed by atoms with Crippen molar-refractivity contribution in [2.75, 3.05) is 5.32 Å². The molecule has 1 aliphatic rings. The van der Waals surface area contributed by atoms with Gasteiger partial charge >= 0.3 is 5.69 Å². The number of hydrogen-bond acceptors (Lipinski definition) is 7. The van der Waals surface area contributed by atoms with Crippen LogP contribution >= 0.6 is 0 Å². The third-order valence-corrected chi connectivity index (χ3v) is 5.72. The van der Waals surface area contributed by atoms with Crippen molar-refractivity contribution < 1.29 is 23.1 Å². The van der Waals surface area contributed by atoms with E-state index in [9.17, 15) is 33.4 Å². The Morgan fingerprint density at radius 3 is 2.20 bits per heavy atom. The Balaban J connectivity index is 2.31. The monoisotopic (exact) mass is 363 g/mol. The standard InChI is InChI=1S/C14H9N3O7S/c18-14-13(8-4-2-1-3-5-8)25(23,24)11-7-9(16(19)20)6-10(17(21)22)12(11)15-14/h1-7,13H,(H,15,18)/t13-/m0/s1. The summed E-state index contributed by atoms with van der Waals surface area (Å²) < 4.78 is 25.7. The van der Waals surface area contributed by atoms with Crippen LogP contribution < -0.4 is 5.32 Å². The Morgan fingerprint density at radius 2 is 1.64 bits per heavy atom. The van der Waals surface area contributed by atoms with Gasteiger partial charge in [0.15, 0.2) is 15.1 Å². The van der Waals surface area contributed by atoms with E-state index in [1.54, 1.807) is 6.07 Å². The summed E-state index contributed by atoms with van der Waals surface area (Å²) >= 11 is 0. The smallest absolute Gasteiger partial charge is 0.300 e. The van der Waals surface area contributed by atoms with Crippen molar-refractivity contribution in [2.45, 2.75) is 10.1 Å². The number of rotatable bonds is 3. The first-order valence-corrected chi connectivity index (χ1v) is 8.34. The molecular weight excluding hydrogens is 354 g/mol. The molecule has 0 bridgehead atoms. The number of carbonyl (C=O) groups is 1. The lowest BCUT2D eigenvalue weighted by Crippen LogP contribution is -2.33. The van der Waals surface area contributed by atoms with Gasteiger partial charge in [0.25, 0.3) is 5.69 Å². The normalized spacial score (nSPS) is 18.1. The van der Waals surface area contributed by atoms with Crippen LogP contribution in [0.15, 0.2) is 47.4 Å². The van der Waals surface area contributed by atoms with Gasteiger partial charge in [-0.05, 0) is 5.56 Å². The van der Waals surface area contributed by atoms with Gasteiger partial charge in [0.1, 0.15) is 10.6 Å². The summed E-state index contributed by atoms with van der Waals surface area (Å²) in [6.45, 7) is 0. The molecule has 1 amide bonds. The number of sulfone groups is 1. The molecule has 25 heavy (non-hydrogen) atoms. The summed E-state index contributed by atoms with van der Waals surface area (Å²) in [7, 11) is -4.42. The highest BCUT2D eigenvalue weighted by atomic mass is 32.2. The van der Waals surface area contributed by atoms with E-state index in [2.05, 4.69) is 5.32 Å². The lowest BCUT2D eigenvalue weighted by molar-refractivity contribution is -0.393. The number of nitro groups is 2. The van der Waals surface area contributed by atoms with E-state index in [0.717, 1.165) is 0 Å². The Hall–Kier alpha value is -3.34. The lowest BCUT2D eigenvalue weighted by Gasteiger charge is -2.24. The number of hydrogen-bond donors (Lipinski definition) is 1. The van der Waals surface area contributed by atoms with Crippen LogP contribution in [0.3, 0.4) is 0 Å². The average Bonchev–Trinajstić information content (AvgIpc) is 2.54. The van der Waals surface area contributed by atoms with Crippen LogP contribution in [-0.2, 0) is 14.6 Å². The van der Waals surface area contributed by atoms with Gasteiger partial charge in [-0.15, -0.1) is 0 Å². The Kier molecular flexibility index (Phi) is 3.72. The maximum absolute atomic E-state index is 12.9. The van der Waals surface area contributed by atoms with Crippen molar-refractivity contribution in [1.29, 1.82) is 0 Å². The largest absolute Gasteiger partial charge is 0.318 e. The fourth-order valence-corrected chi connectivity index (χ4v) is 4.44. The molecule has 0 aromatic heterocycles. The quantitative estimate of drug-likeness (QED) is 0.647. The summed E-state index contributed by atoms with van der Waals surface area (Å²) in [4.78, 5) is 31.9. The van der Waals surface area contributed by atoms with Gasteiger partial charge in [0.2, 0.25) is 5.91 Å².